The van der Waals surface area contributed by atoms with Gasteiger partial charge < -0.3 is 5.32 Å². The summed E-state index contributed by atoms with van der Waals surface area (Å²) in [5.41, 5.74) is 4.57. The van der Waals surface area contributed by atoms with E-state index >= 15 is 0 Å². The predicted octanol–water partition coefficient (Wildman–Crippen LogP) is 4.39. The van der Waals surface area contributed by atoms with Gasteiger partial charge in [0, 0.05) is 6.54 Å². The Hall–Kier alpha value is -3.01. The summed E-state index contributed by atoms with van der Waals surface area (Å²) in [6.07, 6.45) is 0. The van der Waals surface area contributed by atoms with Gasteiger partial charge in [-0.3, -0.25) is 4.79 Å². The maximum atomic E-state index is 13.3. The fourth-order valence-corrected chi connectivity index (χ4v) is 3.38. The molecule has 1 N–H and O–H groups in total. The topological polar surface area (TPSA) is 29.1 Å². The summed E-state index contributed by atoms with van der Waals surface area (Å²) in [4.78, 5) is 12.8. The number of hydrogen-bond acceptors (Lipinski definition) is 1. The van der Waals surface area contributed by atoms with Gasteiger partial charge in [-0.05, 0) is 39.9 Å². The number of benzene rings is 3. The van der Waals surface area contributed by atoms with Crippen LogP contribution in [0.25, 0.3) is 11.1 Å². The van der Waals surface area contributed by atoms with Crippen LogP contribution in [0.3, 0.4) is 0 Å². The summed E-state index contributed by atoms with van der Waals surface area (Å²) in [7, 11) is 0. The molecule has 0 bridgehead atoms. The SMILES string of the molecule is O=C(NCc1ccc(F)c(F)c1)C1c2ccccc2-c2ccccc21. The molecule has 1 amide bonds. The number of rotatable bonds is 3. The molecule has 1 aliphatic rings. The minimum absolute atomic E-state index is 0.150. The molecule has 2 nitrogen and oxygen atoms in total. The average molecular weight is 335 g/mol. The van der Waals surface area contributed by atoms with Gasteiger partial charge in [-0.1, -0.05) is 54.6 Å². The summed E-state index contributed by atoms with van der Waals surface area (Å²) in [5, 5.41) is 2.84. The van der Waals surface area contributed by atoms with Gasteiger partial charge in [-0.25, -0.2) is 8.78 Å². The van der Waals surface area contributed by atoms with Crippen molar-refractivity contribution in [2.75, 3.05) is 0 Å². The predicted molar refractivity (Wildman–Crippen MR) is 91.9 cm³/mol. The van der Waals surface area contributed by atoms with Gasteiger partial charge in [0.05, 0.1) is 5.92 Å². The van der Waals surface area contributed by atoms with Crippen molar-refractivity contribution in [1.29, 1.82) is 0 Å². The zero-order valence-corrected chi connectivity index (χ0v) is 13.3. The zero-order chi connectivity index (χ0) is 17.4. The van der Waals surface area contributed by atoms with Crippen LogP contribution in [0, 0.1) is 11.6 Å². The summed E-state index contributed by atoms with van der Waals surface area (Å²) in [6.45, 7) is 0.150. The monoisotopic (exact) mass is 335 g/mol. The number of carbonyl (C=O) groups excluding carboxylic acids is 1. The summed E-state index contributed by atoms with van der Waals surface area (Å²) in [5.74, 6) is -2.35. The third-order valence-corrected chi connectivity index (χ3v) is 4.55. The lowest BCUT2D eigenvalue weighted by atomic mass is 9.96. The molecule has 0 atom stereocenters. The van der Waals surface area contributed by atoms with Crippen molar-refractivity contribution in [2.24, 2.45) is 0 Å². The third-order valence-electron chi connectivity index (χ3n) is 4.55. The van der Waals surface area contributed by atoms with E-state index in [1.807, 2.05) is 48.5 Å². The highest BCUT2D eigenvalue weighted by molar-refractivity contribution is 5.96. The van der Waals surface area contributed by atoms with Crippen molar-refractivity contribution in [1.82, 2.24) is 5.32 Å². The first-order valence-corrected chi connectivity index (χ1v) is 8.05. The smallest absolute Gasteiger partial charge is 0.232 e. The van der Waals surface area contributed by atoms with Crippen molar-refractivity contribution >= 4 is 5.91 Å². The van der Waals surface area contributed by atoms with Crippen LogP contribution in [0.5, 0.6) is 0 Å². The van der Waals surface area contributed by atoms with Crippen molar-refractivity contribution < 1.29 is 13.6 Å². The van der Waals surface area contributed by atoms with E-state index in [4.69, 9.17) is 0 Å². The van der Waals surface area contributed by atoms with Crippen molar-refractivity contribution in [3.05, 3.63) is 95.1 Å². The number of halogens is 2. The second-order valence-corrected chi connectivity index (χ2v) is 6.07. The minimum atomic E-state index is -0.914. The molecule has 0 heterocycles. The van der Waals surface area contributed by atoms with Gasteiger partial charge in [-0.15, -0.1) is 0 Å². The number of nitrogens with one attached hydrogen (secondary N) is 1. The Morgan fingerprint density at radius 2 is 1.44 bits per heavy atom. The van der Waals surface area contributed by atoms with Crippen LogP contribution in [0.2, 0.25) is 0 Å². The van der Waals surface area contributed by atoms with Gasteiger partial charge in [0.2, 0.25) is 5.91 Å². The molecule has 0 saturated heterocycles. The van der Waals surface area contributed by atoms with Gasteiger partial charge in [-0.2, -0.15) is 0 Å². The molecule has 0 spiro atoms. The highest BCUT2D eigenvalue weighted by Gasteiger charge is 2.33. The fourth-order valence-electron chi connectivity index (χ4n) is 3.38. The van der Waals surface area contributed by atoms with E-state index < -0.39 is 17.6 Å². The Kier molecular flexibility index (Phi) is 3.80. The molecule has 0 aromatic heterocycles. The molecule has 0 aliphatic heterocycles. The highest BCUT2D eigenvalue weighted by Crippen LogP contribution is 2.44. The fraction of sp³-hybridized carbons (Fsp3) is 0.0952. The number of amides is 1. The van der Waals surface area contributed by atoms with Crippen LogP contribution < -0.4 is 5.32 Å². The lowest BCUT2D eigenvalue weighted by Gasteiger charge is -2.14. The maximum absolute atomic E-state index is 13.3. The Morgan fingerprint density at radius 1 is 0.840 bits per heavy atom. The Morgan fingerprint density at radius 3 is 2.04 bits per heavy atom. The van der Waals surface area contributed by atoms with E-state index in [2.05, 4.69) is 5.32 Å². The van der Waals surface area contributed by atoms with Crippen molar-refractivity contribution in [3.63, 3.8) is 0 Å². The van der Waals surface area contributed by atoms with Gasteiger partial charge in [0.25, 0.3) is 0 Å². The Labute approximate surface area is 144 Å². The first-order valence-electron chi connectivity index (χ1n) is 8.05. The second-order valence-electron chi connectivity index (χ2n) is 6.07. The molecule has 0 unspecified atom stereocenters. The molecule has 25 heavy (non-hydrogen) atoms. The maximum Gasteiger partial charge on any atom is 0.232 e. The van der Waals surface area contributed by atoms with E-state index in [1.54, 1.807) is 0 Å². The standard InChI is InChI=1S/C21H15F2NO/c22-18-10-9-13(11-19(18)23)12-24-21(25)20-16-7-3-1-5-14(16)15-6-2-4-8-17(15)20/h1-11,20H,12H2,(H,24,25). The normalized spacial score (nSPS) is 12.6. The third kappa shape index (κ3) is 2.70. The van der Waals surface area contributed by atoms with Crippen molar-refractivity contribution in [3.8, 4) is 11.1 Å². The molecule has 3 aromatic rings. The second kappa shape index (κ2) is 6.13. The van der Waals surface area contributed by atoms with E-state index in [9.17, 15) is 13.6 Å². The molecule has 0 radical (unpaired) electrons. The van der Waals surface area contributed by atoms with Crippen LogP contribution >= 0.6 is 0 Å². The van der Waals surface area contributed by atoms with Crippen LogP contribution in [0.1, 0.15) is 22.6 Å². The number of hydrogen-bond donors (Lipinski definition) is 1. The molecule has 4 rings (SSSR count). The lowest BCUT2D eigenvalue weighted by Crippen LogP contribution is -2.28. The zero-order valence-electron chi connectivity index (χ0n) is 13.3. The van der Waals surface area contributed by atoms with Gasteiger partial charge in [0.1, 0.15) is 0 Å². The lowest BCUT2D eigenvalue weighted by molar-refractivity contribution is -0.121. The quantitative estimate of drug-likeness (QED) is 0.755. The molecule has 4 heteroatoms. The molecular weight excluding hydrogens is 320 g/mol. The number of carbonyl (C=O) groups is 1. The van der Waals surface area contributed by atoms with Crippen LogP contribution in [0.4, 0.5) is 8.78 Å². The largest absolute Gasteiger partial charge is 0.351 e. The Balaban J connectivity index is 1.61. The van der Waals surface area contributed by atoms with Gasteiger partial charge >= 0.3 is 0 Å². The minimum Gasteiger partial charge on any atom is -0.351 e. The number of fused-ring (bicyclic) bond motifs is 3. The first-order chi connectivity index (χ1) is 12.1. The van der Waals surface area contributed by atoms with Crippen LogP contribution in [-0.4, -0.2) is 5.91 Å². The van der Waals surface area contributed by atoms with Crippen LogP contribution in [0.15, 0.2) is 66.7 Å². The summed E-state index contributed by atoms with van der Waals surface area (Å²) < 4.78 is 26.3. The summed E-state index contributed by atoms with van der Waals surface area (Å²) in [6, 6.07) is 19.3. The van der Waals surface area contributed by atoms with Gasteiger partial charge in [0.15, 0.2) is 11.6 Å². The first kappa shape index (κ1) is 15.5. The van der Waals surface area contributed by atoms with Crippen molar-refractivity contribution in [2.45, 2.75) is 12.5 Å². The van der Waals surface area contributed by atoms with Crippen LogP contribution in [-0.2, 0) is 11.3 Å². The van der Waals surface area contributed by atoms with E-state index in [0.717, 1.165) is 34.4 Å². The van der Waals surface area contributed by atoms with E-state index in [0.29, 0.717) is 5.56 Å². The molecule has 1 aliphatic carbocycles. The molecule has 124 valence electrons. The molecular formula is C21H15F2NO. The molecule has 0 fully saturated rings. The van der Waals surface area contributed by atoms with E-state index in [-0.39, 0.29) is 12.5 Å². The highest BCUT2D eigenvalue weighted by atomic mass is 19.2. The van der Waals surface area contributed by atoms with E-state index in [1.165, 1.54) is 6.07 Å². The average Bonchev–Trinajstić information content (AvgIpc) is 2.97. The molecule has 3 aromatic carbocycles. The summed E-state index contributed by atoms with van der Waals surface area (Å²) >= 11 is 0. The molecule has 0 saturated carbocycles. The Bertz CT molecular complexity index is 922.